The number of nitrogens with zero attached hydrogens (tertiary/aromatic N) is 1. The van der Waals surface area contributed by atoms with Gasteiger partial charge in [0.05, 0.1) is 5.41 Å². The molecule has 116 valence electrons. The summed E-state index contributed by atoms with van der Waals surface area (Å²) < 4.78 is 0. The van der Waals surface area contributed by atoms with E-state index in [0.29, 0.717) is 6.54 Å². The van der Waals surface area contributed by atoms with E-state index in [-0.39, 0.29) is 5.92 Å². The molecule has 0 amide bonds. The van der Waals surface area contributed by atoms with Gasteiger partial charge in [0, 0.05) is 13.1 Å². The van der Waals surface area contributed by atoms with Crippen LogP contribution in [0.5, 0.6) is 0 Å². The van der Waals surface area contributed by atoms with E-state index in [9.17, 15) is 9.90 Å². The zero-order valence-corrected chi connectivity index (χ0v) is 13.9. The van der Waals surface area contributed by atoms with E-state index in [4.69, 9.17) is 0 Å². The molecule has 1 aromatic rings. The minimum Gasteiger partial charge on any atom is -0.481 e. The molecule has 0 spiro atoms. The Kier molecular flexibility index (Phi) is 4.43. The number of likely N-dealkylation sites (tertiary alicyclic amines) is 1. The van der Waals surface area contributed by atoms with Gasteiger partial charge >= 0.3 is 5.97 Å². The Morgan fingerprint density at radius 1 is 1.29 bits per heavy atom. The van der Waals surface area contributed by atoms with E-state index >= 15 is 0 Å². The highest BCUT2D eigenvalue weighted by atomic mass is 16.4. The molecule has 1 aliphatic heterocycles. The molecule has 0 radical (unpaired) electrons. The van der Waals surface area contributed by atoms with Gasteiger partial charge in [-0.3, -0.25) is 9.69 Å². The Hall–Kier alpha value is -1.35. The monoisotopic (exact) mass is 289 g/mol. The first kappa shape index (κ1) is 16.0. The second-order valence-electron chi connectivity index (χ2n) is 6.95. The third-order valence-corrected chi connectivity index (χ3v) is 5.13. The lowest BCUT2D eigenvalue weighted by Crippen LogP contribution is -2.39. The molecule has 21 heavy (non-hydrogen) atoms. The van der Waals surface area contributed by atoms with Crippen molar-refractivity contribution in [1.82, 2.24) is 4.90 Å². The average molecular weight is 289 g/mol. The highest BCUT2D eigenvalue weighted by Gasteiger charge is 2.47. The maximum Gasteiger partial charge on any atom is 0.311 e. The van der Waals surface area contributed by atoms with Gasteiger partial charge in [-0.15, -0.1) is 0 Å². The number of carboxylic acids is 1. The Morgan fingerprint density at radius 2 is 1.86 bits per heavy atom. The fourth-order valence-corrected chi connectivity index (χ4v) is 3.63. The molecule has 1 atom stereocenters. The van der Waals surface area contributed by atoms with E-state index in [0.717, 1.165) is 19.5 Å². The van der Waals surface area contributed by atoms with Gasteiger partial charge in [0.25, 0.3) is 0 Å². The minimum absolute atomic E-state index is 0.167. The molecule has 0 aliphatic carbocycles. The molecule has 1 aromatic carbocycles. The number of hydrogen-bond acceptors (Lipinski definition) is 2. The van der Waals surface area contributed by atoms with Gasteiger partial charge in [-0.05, 0) is 56.3 Å². The Balaban J connectivity index is 2.18. The largest absolute Gasteiger partial charge is 0.481 e. The first-order valence-electron chi connectivity index (χ1n) is 7.79. The number of hydrogen-bond donors (Lipinski definition) is 1. The average Bonchev–Trinajstić information content (AvgIpc) is 2.79. The smallest absolute Gasteiger partial charge is 0.311 e. The van der Waals surface area contributed by atoms with Crippen molar-refractivity contribution in [1.29, 1.82) is 0 Å². The van der Waals surface area contributed by atoms with E-state index in [1.807, 2.05) is 13.8 Å². The van der Waals surface area contributed by atoms with Crippen LogP contribution in [0.1, 0.15) is 42.5 Å². The molecular weight excluding hydrogens is 262 g/mol. The first-order valence-corrected chi connectivity index (χ1v) is 7.79. The lowest BCUT2D eigenvalue weighted by molar-refractivity contribution is -0.151. The van der Waals surface area contributed by atoms with E-state index in [2.05, 4.69) is 37.8 Å². The van der Waals surface area contributed by atoms with Crippen LogP contribution in [-0.2, 0) is 11.3 Å². The van der Waals surface area contributed by atoms with Gasteiger partial charge in [-0.25, -0.2) is 0 Å². The summed E-state index contributed by atoms with van der Waals surface area (Å²) in [6.07, 6.45) is 0.754. The van der Waals surface area contributed by atoms with Crippen molar-refractivity contribution in [2.75, 3.05) is 13.1 Å². The summed E-state index contributed by atoms with van der Waals surface area (Å²) in [6, 6.07) is 4.43. The number of aliphatic carboxylic acids is 1. The fourth-order valence-electron chi connectivity index (χ4n) is 3.63. The zero-order valence-electron chi connectivity index (χ0n) is 13.9. The van der Waals surface area contributed by atoms with Crippen LogP contribution in [0.4, 0.5) is 0 Å². The van der Waals surface area contributed by atoms with Crippen LogP contribution < -0.4 is 0 Å². The minimum atomic E-state index is -0.641. The molecule has 1 unspecified atom stereocenters. The molecule has 1 saturated heterocycles. The van der Waals surface area contributed by atoms with Crippen molar-refractivity contribution in [3.8, 4) is 0 Å². The van der Waals surface area contributed by atoms with E-state index < -0.39 is 11.4 Å². The number of rotatable bonds is 4. The highest BCUT2D eigenvalue weighted by molar-refractivity contribution is 5.75. The molecule has 2 rings (SSSR count). The normalized spacial score (nSPS) is 23.0. The van der Waals surface area contributed by atoms with Crippen LogP contribution in [0.3, 0.4) is 0 Å². The van der Waals surface area contributed by atoms with Gasteiger partial charge in [-0.1, -0.05) is 31.5 Å². The van der Waals surface area contributed by atoms with E-state index in [1.165, 1.54) is 22.3 Å². The van der Waals surface area contributed by atoms with Crippen LogP contribution in [-0.4, -0.2) is 29.1 Å². The second kappa shape index (κ2) is 5.80. The van der Waals surface area contributed by atoms with E-state index in [1.54, 1.807) is 0 Å². The summed E-state index contributed by atoms with van der Waals surface area (Å²) in [5, 5.41) is 9.64. The van der Waals surface area contributed by atoms with Gasteiger partial charge in [0.2, 0.25) is 0 Å². The molecule has 0 aromatic heterocycles. The van der Waals surface area contributed by atoms with Crippen LogP contribution >= 0.6 is 0 Å². The van der Waals surface area contributed by atoms with Gasteiger partial charge in [-0.2, -0.15) is 0 Å². The standard InChI is InChI=1S/C18H27NO2/c1-12(2)18(17(20)21)6-7-19(11-18)10-16-14(4)8-13(3)9-15(16)5/h8-9,12H,6-7,10-11H2,1-5H3,(H,20,21). The van der Waals surface area contributed by atoms with Gasteiger partial charge in [0.15, 0.2) is 0 Å². The van der Waals surface area contributed by atoms with Crippen molar-refractivity contribution in [2.45, 2.75) is 47.6 Å². The first-order chi connectivity index (χ1) is 9.76. The van der Waals surface area contributed by atoms with Gasteiger partial charge in [0.1, 0.15) is 0 Å². The molecule has 1 N–H and O–H groups in total. The third-order valence-electron chi connectivity index (χ3n) is 5.13. The van der Waals surface area contributed by atoms with Crippen molar-refractivity contribution in [3.05, 3.63) is 34.4 Å². The highest BCUT2D eigenvalue weighted by Crippen LogP contribution is 2.39. The molecule has 1 heterocycles. The zero-order chi connectivity index (χ0) is 15.8. The summed E-state index contributed by atoms with van der Waals surface area (Å²) >= 11 is 0. The van der Waals surface area contributed by atoms with Crippen molar-refractivity contribution in [3.63, 3.8) is 0 Å². The van der Waals surface area contributed by atoms with Gasteiger partial charge < -0.3 is 5.11 Å². The molecule has 1 aliphatic rings. The lowest BCUT2D eigenvalue weighted by Gasteiger charge is -2.29. The molecule has 0 saturated carbocycles. The number of carbonyl (C=O) groups is 1. The second-order valence-corrected chi connectivity index (χ2v) is 6.95. The van der Waals surface area contributed by atoms with Crippen molar-refractivity contribution >= 4 is 5.97 Å². The number of aryl methyl sites for hydroxylation is 3. The Labute approximate surface area is 128 Å². The van der Waals surface area contributed by atoms with Crippen LogP contribution in [0.2, 0.25) is 0 Å². The maximum absolute atomic E-state index is 11.7. The lowest BCUT2D eigenvalue weighted by atomic mass is 9.76. The topological polar surface area (TPSA) is 40.5 Å². The van der Waals surface area contributed by atoms with Crippen molar-refractivity contribution in [2.24, 2.45) is 11.3 Å². The molecule has 1 fully saturated rings. The van der Waals surface area contributed by atoms with Crippen LogP contribution in [0, 0.1) is 32.1 Å². The van der Waals surface area contributed by atoms with Crippen LogP contribution in [0.15, 0.2) is 12.1 Å². The summed E-state index contributed by atoms with van der Waals surface area (Å²) in [4.78, 5) is 14.0. The van der Waals surface area contributed by atoms with Crippen LogP contribution in [0.25, 0.3) is 0 Å². The predicted molar refractivity (Wildman–Crippen MR) is 85.5 cm³/mol. The third kappa shape index (κ3) is 2.98. The Morgan fingerprint density at radius 3 is 2.29 bits per heavy atom. The quantitative estimate of drug-likeness (QED) is 0.921. The maximum atomic E-state index is 11.7. The predicted octanol–water partition coefficient (Wildman–Crippen LogP) is 3.54. The Bertz CT molecular complexity index is 527. The summed E-state index contributed by atoms with van der Waals surface area (Å²) in [5.41, 5.74) is 4.68. The summed E-state index contributed by atoms with van der Waals surface area (Å²) in [6.45, 7) is 12.9. The fraction of sp³-hybridized carbons (Fsp3) is 0.611. The molecule has 3 heteroatoms. The van der Waals surface area contributed by atoms with Crippen molar-refractivity contribution < 1.29 is 9.90 Å². The summed E-state index contributed by atoms with van der Waals surface area (Å²) in [5.74, 6) is -0.474. The summed E-state index contributed by atoms with van der Waals surface area (Å²) in [7, 11) is 0. The molecule has 0 bridgehead atoms. The molecule has 3 nitrogen and oxygen atoms in total. The SMILES string of the molecule is Cc1cc(C)c(CN2CCC(C(=O)O)(C(C)C)C2)c(C)c1. The molecular formula is C18H27NO2. The number of benzene rings is 1. The number of carboxylic acid groups (broad SMARTS) is 1.